The van der Waals surface area contributed by atoms with E-state index in [0.29, 0.717) is 19.0 Å². The second-order valence-corrected chi connectivity index (χ2v) is 4.98. The fourth-order valence-electron chi connectivity index (χ4n) is 2.08. The molecule has 104 valence electrons. The molecule has 0 aromatic carbocycles. The van der Waals surface area contributed by atoms with E-state index < -0.39 is 11.9 Å². The lowest BCUT2D eigenvalue weighted by Crippen LogP contribution is -2.43. The molecule has 0 spiro atoms. The number of carbonyl (C=O) groups excluding carboxylic acids is 1. The van der Waals surface area contributed by atoms with E-state index in [4.69, 9.17) is 5.11 Å². The van der Waals surface area contributed by atoms with Crippen LogP contribution in [-0.4, -0.2) is 66.7 Å². The molecule has 0 bridgehead atoms. The van der Waals surface area contributed by atoms with Crippen molar-refractivity contribution in [2.24, 2.45) is 5.92 Å². The van der Waals surface area contributed by atoms with Gasteiger partial charge in [-0.25, -0.2) is 4.79 Å². The molecular formula is C12H23N3O3. The minimum absolute atomic E-state index is 0.154. The highest BCUT2D eigenvalue weighted by atomic mass is 16.4. The first-order valence-corrected chi connectivity index (χ1v) is 6.37. The van der Waals surface area contributed by atoms with Crippen LogP contribution in [0.2, 0.25) is 0 Å². The van der Waals surface area contributed by atoms with Crippen molar-refractivity contribution in [1.29, 1.82) is 0 Å². The zero-order chi connectivity index (χ0) is 13.7. The number of carbonyl (C=O) groups is 2. The maximum Gasteiger partial charge on any atom is 0.317 e. The summed E-state index contributed by atoms with van der Waals surface area (Å²) in [7, 11) is 4.01. The van der Waals surface area contributed by atoms with Crippen LogP contribution in [0.4, 0.5) is 4.79 Å². The first-order chi connectivity index (χ1) is 8.45. The van der Waals surface area contributed by atoms with Crippen LogP contribution in [0, 0.1) is 5.92 Å². The van der Waals surface area contributed by atoms with E-state index in [-0.39, 0.29) is 12.6 Å². The molecule has 2 unspecified atom stereocenters. The Labute approximate surface area is 108 Å². The van der Waals surface area contributed by atoms with Crippen molar-refractivity contribution < 1.29 is 14.7 Å². The van der Waals surface area contributed by atoms with E-state index in [2.05, 4.69) is 10.2 Å². The number of carboxylic acids is 1. The number of nitrogens with one attached hydrogen (secondary N) is 1. The number of urea groups is 1. The zero-order valence-corrected chi connectivity index (χ0v) is 11.3. The van der Waals surface area contributed by atoms with Gasteiger partial charge in [0.05, 0.1) is 5.92 Å². The molecule has 2 N–H and O–H groups in total. The maximum atomic E-state index is 11.9. The lowest BCUT2D eigenvalue weighted by Gasteiger charge is -2.21. The summed E-state index contributed by atoms with van der Waals surface area (Å²) in [6.07, 6.45) is 1.49. The van der Waals surface area contributed by atoms with Gasteiger partial charge < -0.3 is 20.2 Å². The number of likely N-dealkylation sites (tertiary alicyclic amines) is 1. The summed E-state index contributed by atoms with van der Waals surface area (Å²) in [6.45, 7) is 3.46. The van der Waals surface area contributed by atoms with Crippen LogP contribution in [0.1, 0.15) is 19.8 Å². The van der Waals surface area contributed by atoms with Crippen LogP contribution in [0.25, 0.3) is 0 Å². The topological polar surface area (TPSA) is 72.9 Å². The Morgan fingerprint density at radius 3 is 2.61 bits per heavy atom. The molecule has 2 atom stereocenters. The zero-order valence-electron chi connectivity index (χ0n) is 11.3. The Bertz CT molecular complexity index is 307. The van der Waals surface area contributed by atoms with Crippen molar-refractivity contribution in [3.05, 3.63) is 0 Å². The van der Waals surface area contributed by atoms with Gasteiger partial charge in [-0.1, -0.05) is 6.92 Å². The number of amides is 2. The van der Waals surface area contributed by atoms with Crippen LogP contribution >= 0.6 is 0 Å². The molecule has 1 aliphatic rings. The summed E-state index contributed by atoms with van der Waals surface area (Å²) in [6, 6.07) is 0.247. The third-order valence-corrected chi connectivity index (χ3v) is 3.52. The summed E-state index contributed by atoms with van der Waals surface area (Å²) in [5.74, 6) is -1.36. The van der Waals surface area contributed by atoms with Gasteiger partial charge in [0.15, 0.2) is 0 Å². The predicted molar refractivity (Wildman–Crippen MR) is 68.5 cm³/mol. The Morgan fingerprint density at radius 1 is 1.50 bits per heavy atom. The fourth-order valence-corrected chi connectivity index (χ4v) is 2.08. The van der Waals surface area contributed by atoms with Crippen LogP contribution in [0.3, 0.4) is 0 Å². The Hall–Kier alpha value is -1.30. The molecule has 0 aliphatic carbocycles. The Morgan fingerprint density at radius 2 is 2.17 bits per heavy atom. The van der Waals surface area contributed by atoms with Crippen molar-refractivity contribution in [3.8, 4) is 0 Å². The van der Waals surface area contributed by atoms with Crippen LogP contribution in [0.15, 0.2) is 0 Å². The number of nitrogens with zero attached hydrogens (tertiary/aromatic N) is 2. The lowest BCUT2D eigenvalue weighted by atomic mass is 10.1. The standard InChI is InChI=1S/C12H23N3O3/c1-4-9(11(16)17)7-13-12(18)15-6-5-10(8-15)14(2)3/h9-10H,4-8H2,1-3H3,(H,13,18)(H,16,17). The molecule has 2 amide bonds. The highest BCUT2D eigenvalue weighted by Gasteiger charge is 2.27. The third kappa shape index (κ3) is 3.87. The van der Waals surface area contributed by atoms with E-state index in [1.54, 1.807) is 4.90 Å². The minimum atomic E-state index is -0.856. The van der Waals surface area contributed by atoms with Gasteiger partial charge in [-0.15, -0.1) is 0 Å². The minimum Gasteiger partial charge on any atom is -0.481 e. The van der Waals surface area contributed by atoms with Crippen LogP contribution in [-0.2, 0) is 4.79 Å². The summed E-state index contributed by atoms with van der Waals surface area (Å²) in [5.41, 5.74) is 0. The first kappa shape index (κ1) is 14.8. The first-order valence-electron chi connectivity index (χ1n) is 6.37. The lowest BCUT2D eigenvalue weighted by molar-refractivity contribution is -0.141. The molecule has 0 aromatic rings. The number of hydrogen-bond donors (Lipinski definition) is 2. The Balaban J connectivity index is 2.36. The van der Waals surface area contributed by atoms with Crippen LogP contribution < -0.4 is 5.32 Å². The van der Waals surface area contributed by atoms with Crippen molar-refractivity contribution in [2.45, 2.75) is 25.8 Å². The molecule has 0 aromatic heterocycles. The average molecular weight is 257 g/mol. The van der Waals surface area contributed by atoms with E-state index in [9.17, 15) is 9.59 Å². The normalized spacial score (nSPS) is 21.1. The molecule has 6 nitrogen and oxygen atoms in total. The van der Waals surface area contributed by atoms with Crippen molar-refractivity contribution in [2.75, 3.05) is 33.7 Å². The van der Waals surface area contributed by atoms with E-state index in [1.807, 2.05) is 21.0 Å². The summed E-state index contributed by atoms with van der Waals surface area (Å²) in [5, 5.41) is 11.6. The number of aliphatic carboxylic acids is 1. The SMILES string of the molecule is CCC(CNC(=O)N1CCC(N(C)C)C1)C(=O)O. The second-order valence-electron chi connectivity index (χ2n) is 4.98. The van der Waals surface area contributed by atoms with Crippen LogP contribution in [0.5, 0.6) is 0 Å². The molecule has 1 fully saturated rings. The summed E-state index contributed by atoms with van der Waals surface area (Å²) in [4.78, 5) is 26.6. The molecule has 18 heavy (non-hydrogen) atoms. The third-order valence-electron chi connectivity index (χ3n) is 3.52. The molecule has 0 saturated carbocycles. The van der Waals surface area contributed by atoms with Gasteiger partial charge in [-0.05, 0) is 26.9 Å². The average Bonchev–Trinajstić information content (AvgIpc) is 2.78. The number of hydrogen-bond acceptors (Lipinski definition) is 3. The van der Waals surface area contributed by atoms with Gasteiger partial charge in [0, 0.05) is 25.7 Å². The van der Waals surface area contributed by atoms with Gasteiger partial charge in [-0.2, -0.15) is 0 Å². The highest BCUT2D eigenvalue weighted by Crippen LogP contribution is 2.13. The Kier molecular flexibility index (Phi) is 5.40. The van der Waals surface area contributed by atoms with Gasteiger partial charge in [0.2, 0.25) is 0 Å². The molecule has 1 heterocycles. The largest absolute Gasteiger partial charge is 0.481 e. The van der Waals surface area contributed by atoms with E-state index >= 15 is 0 Å². The molecule has 0 radical (unpaired) electrons. The molecule has 1 rings (SSSR count). The fraction of sp³-hybridized carbons (Fsp3) is 0.833. The smallest absolute Gasteiger partial charge is 0.317 e. The van der Waals surface area contributed by atoms with Crippen molar-refractivity contribution >= 4 is 12.0 Å². The van der Waals surface area contributed by atoms with Crippen molar-refractivity contribution in [3.63, 3.8) is 0 Å². The maximum absolute atomic E-state index is 11.9. The van der Waals surface area contributed by atoms with E-state index in [0.717, 1.165) is 13.0 Å². The molecule has 1 aliphatic heterocycles. The number of carboxylic acid groups (broad SMARTS) is 1. The van der Waals surface area contributed by atoms with E-state index in [1.165, 1.54) is 0 Å². The predicted octanol–water partition coefficient (Wildman–Crippen LogP) is 0.443. The molecule has 6 heteroatoms. The monoisotopic (exact) mass is 257 g/mol. The number of rotatable bonds is 5. The summed E-state index contributed by atoms with van der Waals surface area (Å²) < 4.78 is 0. The van der Waals surface area contributed by atoms with Gasteiger partial charge >= 0.3 is 12.0 Å². The summed E-state index contributed by atoms with van der Waals surface area (Å²) >= 11 is 0. The number of likely N-dealkylation sites (N-methyl/N-ethyl adjacent to an activating group) is 1. The van der Waals surface area contributed by atoms with Crippen molar-refractivity contribution in [1.82, 2.24) is 15.1 Å². The van der Waals surface area contributed by atoms with Gasteiger partial charge in [0.25, 0.3) is 0 Å². The molecular weight excluding hydrogens is 234 g/mol. The quantitative estimate of drug-likeness (QED) is 0.749. The highest BCUT2D eigenvalue weighted by molar-refractivity contribution is 5.76. The van der Waals surface area contributed by atoms with Gasteiger partial charge in [0.1, 0.15) is 0 Å². The molecule has 1 saturated heterocycles. The second kappa shape index (κ2) is 6.58. The van der Waals surface area contributed by atoms with Gasteiger partial charge in [-0.3, -0.25) is 4.79 Å².